The summed E-state index contributed by atoms with van der Waals surface area (Å²) in [5, 5.41) is 0. The van der Waals surface area contributed by atoms with Crippen LogP contribution in [0.25, 0.3) is 0 Å². The Hall–Kier alpha value is -1.32. The average Bonchev–Trinajstić information content (AvgIpc) is 2.22. The lowest BCUT2D eigenvalue weighted by atomic mass is 10.0. The molecule has 1 aromatic heterocycles. The molecule has 1 aromatic rings. The summed E-state index contributed by atoms with van der Waals surface area (Å²) in [6.07, 6.45) is 5.70. The molecule has 0 atom stereocenters. The standard InChI is InChI=1S/C12H20N2O2/c1-3-5-6-8-9-10(7-4-2)13-12(16)14-11(9)15/h3-8H2,1-2H3,(H2,13,14,15,16). The van der Waals surface area contributed by atoms with Gasteiger partial charge in [0.2, 0.25) is 0 Å². The quantitative estimate of drug-likeness (QED) is 0.723. The van der Waals surface area contributed by atoms with Gasteiger partial charge in [0.15, 0.2) is 0 Å². The van der Waals surface area contributed by atoms with Gasteiger partial charge in [-0.3, -0.25) is 9.78 Å². The van der Waals surface area contributed by atoms with Gasteiger partial charge in [-0.05, 0) is 19.3 Å². The summed E-state index contributed by atoms with van der Waals surface area (Å²) in [6.45, 7) is 4.17. The number of hydrogen-bond donors (Lipinski definition) is 2. The normalized spacial score (nSPS) is 10.6. The number of aryl methyl sites for hydroxylation is 1. The predicted octanol–water partition coefficient (Wildman–Crippen LogP) is 1.75. The Morgan fingerprint density at radius 1 is 0.938 bits per heavy atom. The monoisotopic (exact) mass is 224 g/mol. The highest BCUT2D eigenvalue weighted by Gasteiger charge is 2.07. The highest BCUT2D eigenvalue weighted by molar-refractivity contribution is 5.16. The van der Waals surface area contributed by atoms with Gasteiger partial charge in [0.25, 0.3) is 5.56 Å². The summed E-state index contributed by atoms with van der Waals surface area (Å²) in [6, 6.07) is 0. The molecule has 90 valence electrons. The molecule has 0 fully saturated rings. The van der Waals surface area contributed by atoms with E-state index in [-0.39, 0.29) is 5.56 Å². The Bertz CT molecular complexity index is 431. The second-order valence-electron chi connectivity index (χ2n) is 4.07. The Morgan fingerprint density at radius 3 is 2.31 bits per heavy atom. The van der Waals surface area contributed by atoms with E-state index in [1.807, 2.05) is 6.92 Å². The third-order valence-electron chi connectivity index (χ3n) is 2.66. The lowest BCUT2D eigenvalue weighted by Crippen LogP contribution is -2.28. The van der Waals surface area contributed by atoms with Crippen molar-refractivity contribution in [2.24, 2.45) is 0 Å². The third-order valence-corrected chi connectivity index (χ3v) is 2.66. The molecule has 16 heavy (non-hydrogen) atoms. The van der Waals surface area contributed by atoms with E-state index in [0.717, 1.165) is 49.8 Å². The molecule has 0 amide bonds. The molecule has 4 nitrogen and oxygen atoms in total. The number of nitrogens with one attached hydrogen (secondary N) is 2. The van der Waals surface area contributed by atoms with Crippen molar-refractivity contribution >= 4 is 0 Å². The maximum absolute atomic E-state index is 11.7. The number of aromatic nitrogens is 2. The molecule has 0 spiro atoms. The van der Waals surface area contributed by atoms with Crippen LogP contribution in [0.5, 0.6) is 0 Å². The van der Waals surface area contributed by atoms with Crippen molar-refractivity contribution in [3.63, 3.8) is 0 Å². The first kappa shape index (κ1) is 12.7. The topological polar surface area (TPSA) is 65.7 Å². The van der Waals surface area contributed by atoms with E-state index in [9.17, 15) is 9.59 Å². The third kappa shape index (κ3) is 3.36. The van der Waals surface area contributed by atoms with Gasteiger partial charge in [0.05, 0.1) is 0 Å². The van der Waals surface area contributed by atoms with E-state index in [2.05, 4.69) is 16.9 Å². The van der Waals surface area contributed by atoms with Gasteiger partial charge >= 0.3 is 5.69 Å². The Kier molecular flexibility index (Phi) is 5.02. The molecule has 1 rings (SSSR count). The van der Waals surface area contributed by atoms with Crippen LogP contribution in [0.2, 0.25) is 0 Å². The second kappa shape index (κ2) is 6.30. The minimum absolute atomic E-state index is 0.219. The summed E-state index contributed by atoms with van der Waals surface area (Å²) in [5.41, 5.74) is 0.957. The van der Waals surface area contributed by atoms with Gasteiger partial charge in [-0.15, -0.1) is 0 Å². The van der Waals surface area contributed by atoms with Gasteiger partial charge in [0, 0.05) is 11.3 Å². The van der Waals surface area contributed by atoms with Gasteiger partial charge < -0.3 is 4.98 Å². The van der Waals surface area contributed by atoms with Crippen LogP contribution < -0.4 is 11.2 Å². The molecule has 4 heteroatoms. The van der Waals surface area contributed by atoms with Crippen molar-refractivity contribution in [2.45, 2.75) is 52.4 Å². The second-order valence-corrected chi connectivity index (χ2v) is 4.07. The summed E-state index contributed by atoms with van der Waals surface area (Å²) < 4.78 is 0. The summed E-state index contributed by atoms with van der Waals surface area (Å²) >= 11 is 0. The van der Waals surface area contributed by atoms with Crippen LogP contribution >= 0.6 is 0 Å². The van der Waals surface area contributed by atoms with Gasteiger partial charge in [0.1, 0.15) is 0 Å². The van der Waals surface area contributed by atoms with E-state index >= 15 is 0 Å². The first-order valence-electron chi connectivity index (χ1n) is 6.03. The molecule has 0 aliphatic carbocycles. The van der Waals surface area contributed by atoms with Crippen molar-refractivity contribution in [2.75, 3.05) is 0 Å². The van der Waals surface area contributed by atoms with Crippen LogP contribution in [0.15, 0.2) is 9.59 Å². The SMILES string of the molecule is CCCCCc1c(CCC)[nH]c(=O)[nH]c1=O. The van der Waals surface area contributed by atoms with Crippen molar-refractivity contribution in [1.82, 2.24) is 9.97 Å². The minimum Gasteiger partial charge on any atom is -0.311 e. The highest BCUT2D eigenvalue weighted by Crippen LogP contribution is 2.07. The first-order chi connectivity index (χ1) is 7.69. The smallest absolute Gasteiger partial charge is 0.311 e. The Labute approximate surface area is 95.1 Å². The largest absolute Gasteiger partial charge is 0.325 e. The van der Waals surface area contributed by atoms with E-state index < -0.39 is 5.69 Å². The zero-order valence-electron chi connectivity index (χ0n) is 10.1. The number of rotatable bonds is 6. The molecule has 0 saturated carbocycles. The van der Waals surface area contributed by atoms with Crippen LogP contribution in [-0.4, -0.2) is 9.97 Å². The minimum atomic E-state index is -0.396. The average molecular weight is 224 g/mol. The molecule has 2 N–H and O–H groups in total. The summed E-state index contributed by atoms with van der Waals surface area (Å²) in [5.74, 6) is 0. The van der Waals surface area contributed by atoms with Gasteiger partial charge in [-0.1, -0.05) is 33.1 Å². The summed E-state index contributed by atoms with van der Waals surface area (Å²) in [4.78, 5) is 27.8. The molecular weight excluding hydrogens is 204 g/mol. The zero-order chi connectivity index (χ0) is 12.0. The van der Waals surface area contributed by atoms with Crippen LogP contribution in [0, 0.1) is 0 Å². The van der Waals surface area contributed by atoms with Crippen molar-refractivity contribution in [3.05, 3.63) is 32.1 Å². The van der Waals surface area contributed by atoms with Gasteiger partial charge in [-0.25, -0.2) is 4.79 Å². The first-order valence-corrected chi connectivity index (χ1v) is 6.03. The number of hydrogen-bond acceptors (Lipinski definition) is 2. The number of unbranched alkanes of at least 4 members (excludes halogenated alkanes) is 2. The van der Waals surface area contributed by atoms with Crippen LogP contribution in [0.4, 0.5) is 0 Å². The molecule has 1 heterocycles. The van der Waals surface area contributed by atoms with E-state index in [1.54, 1.807) is 0 Å². The fourth-order valence-electron chi connectivity index (χ4n) is 1.84. The van der Waals surface area contributed by atoms with Crippen molar-refractivity contribution in [1.29, 1.82) is 0 Å². The van der Waals surface area contributed by atoms with E-state index in [0.29, 0.717) is 0 Å². The van der Waals surface area contributed by atoms with Crippen LogP contribution in [0.1, 0.15) is 50.8 Å². The lowest BCUT2D eigenvalue weighted by molar-refractivity contribution is 0.696. The highest BCUT2D eigenvalue weighted by atomic mass is 16.2. The number of H-pyrrole nitrogens is 2. The molecule has 0 aromatic carbocycles. The Balaban J connectivity index is 2.95. The predicted molar refractivity (Wildman–Crippen MR) is 64.9 cm³/mol. The van der Waals surface area contributed by atoms with E-state index in [1.165, 1.54) is 0 Å². The van der Waals surface area contributed by atoms with Crippen molar-refractivity contribution < 1.29 is 0 Å². The van der Waals surface area contributed by atoms with E-state index in [4.69, 9.17) is 0 Å². The van der Waals surface area contributed by atoms with Gasteiger partial charge in [-0.2, -0.15) is 0 Å². The molecule has 0 aliphatic heterocycles. The fourth-order valence-corrected chi connectivity index (χ4v) is 1.84. The van der Waals surface area contributed by atoms with Crippen LogP contribution in [0.3, 0.4) is 0 Å². The van der Waals surface area contributed by atoms with Crippen LogP contribution in [-0.2, 0) is 12.8 Å². The number of aromatic amines is 2. The zero-order valence-corrected chi connectivity index (χ0v) is 10.1. The molecular formula is C12H20N2O2. The lowest BCUT2D eigenvalue weighted by Gasteiger charge is -2.06. The molecule has 0 aliphatic rings. The van der Waals surface area contributed by atoms with Crippen molar-refractivity contribution in [3.8, 4) is 0 Å². The molecule has 0 bridgehead atoms. The Morgan fingerprint density at radius 2 is 1.69 bits per heavy atom. The maximum atomic E-state index is 11.7. The molecule has 0 radical (unpaired) electrons. The molecule has 0 unspecified atom stereocenters. The summed E-state index contributed by atoms with van der Waals surface area (Å²) in [7, 11) is 0. The maximum Gasteiger partial charge on any atom is 0.325 e. The fraction of sp³-hybridized carbons (Fsp3) is 0.667. The molecule has 0 saturated heterocycles.